The second kappa shape index (κ2) is 22.5. The van der Waals surface area contributed by atoms with Gasteiger partial charge in [-0.2, -0.15) is 0 Å². The van der Waals surface area contributed by atoms with Gasteiger partial charge in [0.2, 0.25) is 0 Å². The van der Waals surface area contributed by atoms with E-state index in [1.807, 2.05) is 74.1 Å². The highest BCUT2D eigenvalue weighted by Crippen LogP contribution is 2.38. The number of aliphatic hydroxyl groups is 2. The third kappa shape index (κ3) is 12.9. The Hall–Kier alpha value is -5.34. The molecule has 0 bridgehead atoms. The Morgan fingerprint density at radius 3 is 1.19 bits per heavy atom. The molecule has 0 saturated carbocycles. The summed E-state index contributed by atoms with van der Waals surface area (Å²) in [4.78, 5) is 3.78. The van der Waals surface area contributed by atoms with Gasteiger partial charge in [0, 0.05) is 61.6 Å². The first-order valence-electron chi connectivity index (χ1n) is 20.5. The molecular formula is C50H50Cl2F4N2O6. The second-order valence-electron chi connectivity index (χ2n) is 15.6. The predicted octanol–water partition coefficient (Wildman–Crippen LogP) is 11.0. The quantitative estimate of drug-likeness (QED) is 0.0691. The third-order valence-corrected chi connectivity index (χ3v) is 11.2. The molecule has 0 aliphatic rings. The van der Waals surface area contributed by atoms with E-state index >= 15 is 0 Å². The number of benzene rings is 6. The van der Waals surface area contributed by atoms with Gasteiger partial charge in [-0.3, -0.25) is 9.80 Å². The molecule has 0 fully saturated rings. The molecular weight excluding hydrogens is 871 g/mol. The zero-order chi connectivity index (χ0) is 45.9. The van der Waals surface area contributed by atoms with Crippen molar-refractivity contribution in [3.8, 4) is 34.1 Å². The highest BCUT2D eigenvalue weighted by Gasteiger charge is 2.18. The Morgan fingerprint density at radius 2 is 0.828 bits per heavy atom. The van der Waals surface area contributed by atoms with Crippen molar-refractivity contribution in [2.75, 3.05) is 40.4 Å². The molecule has 14 heteroatoms. The highest BCUT2D eigenvalue weighted by molar-refractivity contribution is 6.32. The van der Waals surface area contributed by atoms with Gasteiger partial charge in [0.05, 0.1) is 23.3 Å². The standard InChI is InChI=1S/C50H50Cl2F4N2O6/c1-31-35(29-63-49-23-47(37(19-45(49)51)25-57(3)11-13-59)61-27-33-15-39(53)21-40(54)16-33)7-5-9-43(31)44-10-6-8-36(32(44)2)30-64-50-24-48(38(20-46(50)52)26-58(4)12-14-60)62-28-34-17-41(55)22-42(56)18-34/h5-10,15-24,59-60H,11-14,25-30H2,1-4H3. The van der Waals surface area contributed by atoms with Gasteiger partial charge >= 0.3 is 0 Å². The van der Waals surface area contributed by atoms with E-state index in [1.165, 1.54) is 24.3 Å². The number of rotatable bonds is 21. The summed E-state index contributed by atoms with van der Waals surface area (Å²) in [5.74, 6) is -1.27. The largest absolute Gasteiger partial charge is 0.488 e. The fraction of sp³-hybridized carbons (Fsp3) is 0.280. The van der Waals surface area contributed by atoms with Crippen molar-refractivity contribution in [1.29, 1.82) is 0 Å². The molecule has 0 spiro atoms. The van der Waals surface area contributed by atoms with E-state index in [2.05, 4.69) is 0 Å². The normalized spacial score (nSPS) is 11.4. The number of aliphatic hydroxyl groups excluding tert-OH is 2. The number of ether oxygens (including phenoxy) is 4. The zero-order valence-corrected chi connectivity index (χ0v) is 37.5. The Kier molecular flexibility index (Phi) is 16.9. The summed E-state index contributed by atoms with van der Waals surface area (Å²) in [7, 11) is 3.68. The van der Waals surface area contributed by atoms with E-state index in [9.17, 15) is 27.8 Å². The molecule has 0 atom stereocenters. The zero-order valence-electron chi connectivity index (χ0n) is 36.0. The number of hydrogen-bond acceptors (Lipinski definition) is 8. The Balaban J connectivity index is 1.20. The lowest BCUT2D eigenvalue weighted by atomic mass is 9.92. The fourth-order valence-electron chi connectivity index (χ4n) is 7.26. The van der Waals surface area contributed by atoms with Crippen molar-refractivity contribution in [2.45, 2.75) is 53.4 Å². The third-order valence-electron chi connectivity index (χ3n) is 10.7. The lowest BCUT2D eigenvalue weighted by Crippen LogP contribution is -2.22. The molecule has 6 rings (SSSR count). The molecule has 6 aromatic rings. The van der Waals surface area contributed by atoms with Crippen LogP contribution in [0.4, 0.5) is 17.6 Å². The molecule has 0 heterocycles. The smallest absolute Gasteiger partial charge is 0.142 e. The molecule has 0 aliphatic carbocycles. The maximum absolute atomic E-state index is 13.9. The van der Waals surface area contributed by atoms with E-state index in [0.717, 1.165) is 45.5 Å². The molecule has 2 N–H and O–H groups in total. The van der Waals surface area contributed by atoms with E-state index in [-0.39, 0.29) is 39.6 Å². The van der Waals surface area contributed by atoms with Gasteiger partial charge in [0.25, 0.3) is 0 Å². The summed E-state index contributed by atoms with van der Waals surface area (Å²) in [6, 6.07) is 25.2. The van der Waals surface area contributed by atoms with Crippen LogP contribution in [-0.4, -0.2) is 60.4 Å². The average molecular weight is 922 g/mol. The van der Waals surface area contributed by atoms with E-state index in [0.29, 0.717) is 81.5 Å². The minimum absolute atomic E-state index is 0.0426. The maximum Gasteiger partial charge on any atom is 0.142 e. The van der Waals surface area contributed by atoms with Crippen molar-refractivity contribution < 1.29 is 46.7 Å². The van der Waals surface area contributed by atoms with Crippen LogP contribution in [0.2, 0.25) is 10.0 Å². The first-order valence-corrected chi connectivity index (χ1v) is 21.3. The monoisotopic (exact) mass is 920 g/mol. The average Bonchev–Trinajstić information content (AvgIpc) is 3.23. The molecule has 0 aliphatic heterocycles. The summed E-state index contributed by atoms with van der Waals surface area (Å²) in [6.45, 7) is 5.68. The van der Waals surface area contributed by atoms with Crippen molar-refractivity contribution in [1.82, 2.24) is 9.80 Å². The number of hydrogen-bond donors (Lipinski definition) is 2. The Labute approximate surface area is 381 Å². The van der Waals surface area contributed by atoms with Gasteiger partial charge < -0.3 is 29.2 Å². The minimum Gasteiger partial charge on any atom is -0.488 e. The van der Waals surface area contributed by atoms with Gasteiger partial charge in [0.1, 0.15) is 72.7 Å². The first kappa shape index (κ1) is 48.1. The highest BCUT2D eigenvalue weighted by atomic mass is 35.5. The molecule has 0 amide bonds. The van der Waals surface area contributed by atoms with Crippen LogP contribution in [0, 0.1) is 37.1 Å². The van der Waals surface area contributed by atoms with Crippen LogP contribution in [0.1, 0.15) is 44.5 Å². The second-order valence-corrected chi connectivity index (χ2v) is 16.4. The summed E-state index contributed by atoms with van der Waals surface area (Å²) >= 11 is 13.5. The molecule has 0 saturated heterocycles. The van der Waals surface area contributed by atoms with Crippen LogP contribution in [0.25, 0.3) is 11.1 Å². The first-order chi connectivity index (χ1) is 30.7. The van der Waals surface area contributed by atoms with Gasteiger partial charge in [-0.1, -0.05) is 59.6 Å². The van der Waals surface area contributed by atoms with Gasteiger partial charge in [-0.15, -0.1) is 0 Å². The van der Waals surface area contributed by atoms with Crippen LogP contribution in [0.5, 0.6) is 23.0 Å². The van der Waals surface area contributed by atoms with Crippen molar-refractivity contribution in [3.05, 3.63) is 175 Å². The Bertz CT molecular complexity index is 2350. The van der Waals surface area contributed by atoms with Crippen molar-refractivity contribution in [2.24, 2.45) is 0 Å². The van der Waals surface area contributed by atoms with Crippen molar-refractivity contribution in [3.63, 3.8) is 0 Å². The summed E-state index contributed by atoms with van der Waals surface area (Å²) in [5.41, 5.74) is 7.79. The van der Waals surface area contributed by atoms with Gasteiger partial charge in [0.15, 0.2) is 0 Å². The molecule has 64 heavy (non-hydrogen) atoms. The molecule has 338 valence electrons. The van der Waals surface area contributed by atoms with Crippen LogP contribution in [0.15, 0.2) is 97.1 Å². The minimum atomic E-state index is -0.706. The molecule has 0 aromatic heterocycles. The van der Waals surface area contributed by atoms with E-state index < -0.39 is 23.3 Å². The SMILES string of the molecule is Cc1c(COc2cc(OCc3cc(F)cc(F)c3)c(CN(C)CCO)cc2Cl)cccc1-c1cccc(COc2cc(OCc3cc(F)cc(F)c3)c(CN(C)CCO)cc2Cl)c1C. The lowest BCUT2D eigenvalue weighted by Gasteiger charge is -2.21. The number of halogens is 6. The summed E-state index contributed by atoms with van der Waals surface area (Å²) < 4.78 is 80.6. The molecule has 6 aromatic carbocycles. The number of likely N-dealkylation sites (N-methyl/N-ethyl adjacent to an activating group) is 2. The van der Waals surface area contributed by atoms with Crippen LogP contribution in [-0.2, 0) is 39.5 Å². The van der Waals surface area contributed by atoms with Gasteiger partial charge in [-0.05, 0) is 109 Å². The molecule has 0 radical (unpaired) electrons. The molecule has 0 unspecified atom stereocenters. The Morgan fingerprint density at radius 1 is 0.469 bits per heavy atom. The lowest BCUT2D eigenvalue weighted by molar-refractivity contribution is 0.213. The maximum atomic E-state index is 13.9. The van der Waals surface area contributed by atoms with Crippen molar-refractivity contribution >= 4 is 23.2 Å². The van der Waals surface area contributed by atoms with E-state index in [4.69, 9.17) is 42.1 Å². The van der Waals surface area contributed by atoms with Crippen LogP contribution in [0.3, 0.4) is 0 Å². The summed E-state index contributed by atoms with van der Waals surface area (Å²) in [5, 5.41) is 19.6. The van der Waals surface area contributed by atoms with E-state index in [1.54, 1.807) is 24.3 Å². The van der Waals surface area contributed by atoms with Crippen LogP contribution < -0.4 is 18.9 Å². The summed E-state index contributed by atoms with van der Waals surface area (Å²) in [6.07, 6.45) is 0. The number of nitrogens with zero attached hydrogens (tertiary/aromatic N) is 2. The predicted molar refractivity (Wildman–Crippen MR) is 241 cm³/mol. The van der Waals surface area contributed by atoms with Crippen LogP contribution >= 0.6 is 23.2 Å². The topological polar surface area (TPSA) is 83.9 Å². The fourth-order valence-corrected chi connectivity index (χ4v) is 7.74. The van der Waals surface area contributed by atoms with Gasteiger partial charge in [-0.25, -0.2) is 17.6 Å². The molecule has 8 nitrogen and oxygen atoms in total.